The predicted octanol–water partition coefficient (Wildman–Crippen LogP) is 4.60. The quantitative estimate of drug-likeness (QED) is 0.833. The van der Waals surface area contributed by atoms with E-state index >= 15 is 0 Å². The van der Waals surface area contributed by atoms with Crippen molar-refractivity contribution in [3.63, 3.8) is 0 Å². The summed E-state index contributed by atoms with van der Waals surface area (Å²) in [5.41, 5.74) is 1.87. The lowest BCUT2D eigenvalue weighted by Crippen LogP contribution is -2.11. The summed E-state index contributed by atoms with van der Waals surface area (Å²) in [4.78, 5) is 4.25. The van der Waals surface area contributed by atoms with Crippen LogP contribution in [0.3, 0.4) is 0 Å². The molecule has 1 aromatic heterocycles. The predicted molar refractivity (Wildman–Crippen MR) is 75.1 cm³/mol. The Bertz CT molecular complexity index is 602. The molecule has 0 amide bonds. The first kappa shape index (κ1) is 13.9. The number of halogens is 3. The highest BCUT2D eigenvalue weighted by molar-refractivity contribution is 9.10. The number of pyridine rings is 1. The maximum Gasteiger partial charge on any atom is 0.164 e. The lowest BCUT2D eigenvalue weighted by Gasteiger charge is -2.17. The molecule has 1 atom stereocenters. The van der Waals surface area contributed by atoms with Gasteiger partial charge in [0.25, 0.3) is 0 Å². The Kier molecular flexibility index (Phi) is 4.14. The monoisotopic (exact) mass is 326 g/mol. The molecule has 5 heteroatoms. The van der Waals surface area contributed by atoms with E-state index in [2.05, 4.69) is 26.2 Å². The van der Waals surface area contributed by atoms with E-state index in [1.54, 1.807) is 19.1 Å². The Balaban J connectivity index is 2.25. The summed E-state index contributed by atoms with van der Waals surface area (Å²) >= 11 is 3.28. The van der Waals surface area contributed by atoms with Gasteiger partial charge < -0.3 is 5.32 Å². The second-order valence-electron chi connectivity index (χ2n) is 4.28. The zero-order valence-corrected chi connectivity index (χ0v) is 12.1. The molecular formula is C14H13BrF2N2. The number of aryl methyl sites for hydroxylation is 1. The number of nitrogens with one attached hydrogen (secondary N) is 1. The first-order valence-corrected chi connectivity index (χ1v) is 6.62. The third-order valence-electron chi connectivity index (χ3n) is 2.87. The highest BCUT2D eigenvalue weighted by Gasteiger charge is 2.14. The molecule has 2 nitrogen and oxygen atoms in total. The van der Waals surface area contributed by atoms with Gasteiger partial charge in [0.05, 0.1) is 17.4 Å². The van der Waals surface area contributed by atoms with Gasteiger partial charge in [0.1, 0.15) is 4.60 Å². The van der Waals surface area contributed by atoms with Gasteiger partial charge in [-0.2, -0.15) is 0 Å². The summed E-state index contributed by atoms with van der Waals surface area (Å²) in [7, 11) is 0. The number of benzene rings is 1. The van der Waals surface area contributed by atoms with Gasteiger partial charge in [-0.25, -0.2) is 13.8 Å². The summed E-state index contributed by atoms with van der Waals surface area (Å²) in [5, 5.41) is 3.13. The van der Waals surface area contributed by atoms with Crippen molar-refractivity contribution in [3.8, 4) is 0 Å². The third-order valence-corrected chi connectivity index (χ3v) is 3.31. The number of anilines is 1. The van der Waals surface area contributed by atoms with Crippen LogP contribution in [0.5, 0.6) is 0 Å². The van der Waals surface area contributed by atoms with Crippen LogP contribution < -0.4 is 5.32 Å². The molecule has 0 fully saturated rings. The molecule has 0 saturated heterocycles. The molecule has 0 saturated carbocycles. The van der Waals surface area contributed by atoms with Crippen LogP contribution in [0.1, 0.15) is 24.2 Å². The zero-order chi connectivity index (χ0) is 14.0. The van der Waals surface area contributed by atoms with E-state index < -0.39 is 11.6 Å². The molecule has 1 N–H and O–H groups in total. The smallest absolute Gasteiger partial charge is 0.164 e. The molecule has 0 aliphatic heterocycles. The van der Waals surface area contributed by atoms with Crippen LogP contribution in [0.25, 0.3) is 0 Å². The summed E-state index contributed by atoms with van der Waals surface area (Å²) in [6.45, 7) is 3.63. The van der Waals surface area contributed by atoms with Gasteiger partial charge in [0.15, 0.2) is 11.6 Å². The Labute approximate surface area is 119 Å². The average Bonchev–Trinajstić information content (AvgIpc) is 2.36. The largest absolute Gasteiger partial charge is 0.377 e. The van der Waals surface area contributed by atoms with E-state index in [9.17, 15) is 8.78 Å². The summed E-state index contributed by atoms with van der Waals surface area (Å²) in [6.07, 6.45) is 0. The SMILES string of the molecule is Cc1nc(Br)ccc1NC(C)c1cccc(F)c1F. The number of nitrogens with zero attached hydrogens (tertiary/aromatic N) is 1. The van der Waals surface area contributed by atoms with Crippen LogP contribution >= 0.6 is 15.9 Å². The lowest BCUT2D eigenvalue weighted by atomic mass is 10.1. The molecule has 2 rings (SSSR count). The lowest BCUT2D eigenvalue weighted by molar-refractivity contribution is 0.494. The first-order chi connectivity index (χ1) is 8.99. The summed E-state index contributed by atoms with van der Waals surface area (Å²) < 4.78 is 27.6. The molecule has 1 heterocycles. The Morgan fingerprint density at radius 3 is 2.63 bits per heavy atom. The van der Waals surface area contributed by atoms with Gasteiger partial charge in [-0.15, -0.1) is 0 Å². The second kappa shape index (κ2) is 5.65. The van der Waals surface area contributed by atoms with E-state index in [0.29, 0.717) is 5.56 Å². The molecule has 2 aromatic rings. The molecule has 0 aliphatic carbocycles. The summed E-state index contributed by atoms with van der Waals surface area (Å²) in [6, 6.07) is 7.47. The molecule has 0 spiro atoms. The minimum atomic E-state index is -0.836. The van der Waals surface area contributed by atoms with Crippen molar-refractivity contribution in [2.24, 2.45) is 0 Å². The van der Waals surface area contributed by atoms with Crippen LogP contribution in [0, 0.1) is 18.6 Å². The fourth-order valence-electron chi connectivity index (χ4n) is 1.85. The van der Waals surface area contributed by atoms with Crippen LogP contribution in [0.2, 0.25) is 0 Å². The van der Waals surface area contributed by atoms with Gasteiger partial charge in [0.2, 0.25) is 0 Å². The average molecular weight is 327 g/mol. The summed E-state index contributed by atoms with van der Waals surface area (Å²) in [5.74, 6) is -1.65. The molecule has 100 valence electrons. The van der Waals surface area contributed by atoms with Crippen molar-refractivity contribution in [1.29, 1.82) is 0 Å². The van der Waals surface area contributed by atoms with Gasteiger partial charge in [0, 0.05) is 5.56 Å². The van der Waals surface area contributed by atoms with Crippen molar-refractivity contribution in [1.82, 2.24) is 4.98 Å². The minimum Gasteiger partial charge on any atom is -0.377 e. The third kappa shape index (κ3) is 3.10. The van der Waals surface area contributed by atoms with Crippen LogP contribution in [0.4, 0.5) is 14.5 Å². The van der Waals surface area contributed by atoms with E-state index in [1.165, 1.54) is 6.07 Å². The maximum absolute atomic E-state index is 13.7. The number of hydrogen-bond donors (Lipinski definition) is 1. The Hall–Kier alpha value is -1.49. The second-order valence-corrected chi connectivity index (χ2v) is 5.09. The highest BCUT2D eigenvalue weighted by Crippen LogP contribution is 2.25. The number of rotatable bonds is 3. The number of hydrogen-bond acceptors (Lipinski definition) is 2. The maximum atomic E-state index is 13.7. The van der Waals surface area contributed by atoms with Crippen molar-refractivity contribution >= 4 is 21.6 Å². The normalized spacial score (nSPS) is 12.3. The van der Waals surface area contributed by atoms with Crippen molar-refractivity contribution < 1.29 is 8.78 Å². The van der Waals surface area contributed by atoms with Gasteiger partial charge in [-0.1, -0.05) is 12.1 Å². The fraction of sp³-hybridized carbons (Fsp3) is 0.214. The Morgan fingerprint density at radius 1 is 1.21 bits per heavy atom. The standard InChI is InChI=1S/C14H13BrF2N2/c1-8(10-4-3-5-11(16)14(10)17)18-12-6-7-13(15)19-9(12)2/h3-8,18H,1-2H3. The zero-order valence-electron chi connectivity index (χ0n) is 10.5. The highest BCUT2D eigenvalue weighted by atomic mass is 79.9. The fourth-order valence-corrected chi connectivity index (χ4v) is 2.25. The molecule has 19 heavy (non-hydrogen) atoms. The van der Waals surface area contributed by atoms with Crippen LogP contribution in [-0.2, 0) is 0 Å². The molecule has 0 bridgehead atoms. The molecule has 0 radical (unpaired) electrons. The molecular weight excluding hydrogens is 314 g/mol. The van der Waals surface area contributed by atoms with Gasteiger partial charge in [-0.3, -0.25) is 0 Å². The van der Waals surface area contributed by atoms with Gasteiger partial charge >= 0.3 is 0 Å². The minimum absolute atomic E-state index is 0.294. The van der Waals surface area contributed by atoms with Crippen LogP contribution in [-0.4, -0.2) is 4.98 Å². The topological polar surface area (TPSA) is 24.9 Å². The number of aromatic nitrogens is 1. The van der Waals surface area contributed by atoms with Crippen LogP contribution in [0.15, 0.2) is 34.9 Å². The van der Waals surface area contributed by atoms with E-state index in [0.717, 1.165) is 22.1 Å². The molecule has 1 aromatic carbocycles. The molecule has 0 aliphatic rings. The van der Waals surface area contributed by atoms with Crippen molar-refractivity contribution in [3.05, 3.63) is 57.8 Å². The van der Waals surface area contributed by atoms with E-state index in [-0.39, 0.29) is 6.04 Å². The van der Waals surface area contributed by atoms with E-state index in [4.69, 9.17) is 0 Å². The first-order valence-electron chi connectivity index (χ1n) is 5.82. The Morgan fingerprint density at radius 2 is 1.95 bits per heavy atom. The molecule has 1 unspecified atom stereocenters. The van der Waals surface area contributed by atoms with Gasteiger partial charge in [-0.05, 0) is 48.0 Å². The van der Waals surface area contributed by atoms with E-state index in [1.807, 2.05) is 13.0 Å². The van der Waals surface area contributed by atoms with Crippen molar-refractivity contribution in [2.45, 2.75) is 19.9 Å². The van der Waals surface area contributed by atoms with Crippen molar-refractivity contribution in [2.75, 3.05) is 5.32 Å².